The van der Waals surface area contributed by atoms with Crippen LogP contribution in [0, 0.1) is 10.8 Å². The molecule has 0 aromatic rings. The van der Waals surface area contributed by atoms with Crippen LogP contribution < -0.4 is 5.32 Å². The summed E-state index contributed by atoms with van der Waals surface area (Å²) in [5, 5.41) is 3.59. The highest BCUT2D eigenvalue weighted by atomic mass is 16.5. The first-order chi connectivity index (χ1) is 6.87. The molecule has 14 heavy (non-hydrogen) atoms. The van der Waals surface area contributed by atoms with Crippen molar-refractivity contribution in [2.24, 2.45) is 10.8 Å². The van der Waals surface area contributed by atoms with Crippen LogP contribution in [0.2, 0.25) is 0 Å². The monoisotopic (exact) mass is 195 g/mol. The molecule has 1 aliphatic carbocycles. The maximum atomic E-state index is 5.54. The molecule has 3 rings (SSSR count). The standard InChI is InChI=1S/C12H21NO/c1-2-11(5-8-14-9-6-11)12(3-1)4-7-13-10-12/h13H,1-10H2. The second kappa shape index (κ2) is 3.21. The third-order valence-electron chi connectivity index (χ3n) is 5.13. The first-order valence-corrected chi connectivity index (χ1v) is 6.16. The Kier molecular flexibility index (Phi) is 2.10. The summed E-state index contributed by atoms with van der Waals surface area (Å²) in [7, 11) is 0. The molecule has 2 heterocycles. The van der Waals surface area contributed by atoms with Crippen molar-refractivity contribution in [3.63, 3.8) is 0 Å². The van der Waals surface area contributed by atoms with Crippen molar-refractivity contribution in [2.45, 2.75) is 38.5 Å². The summed E-state index contributed by atoms with van der Waals surface area (Å²) in [6.45, 7) is 4.57. The molecular formula is C12H21NO. The van der Waals surface area contributed by atoms with Crippen LogP contribution in [-0.4, -0.2) is 26.3 Å². The van der Waals surface area contributed by atoms with Crippen LogP contribution in [-0.2, 0) is 4.74 Å². The molecule has 3 fully saturated rings. The average molecular weight is 195 g/mol. The third-order valence-corrected chi connectivity index (χ3v) is 5.13. The normalized spacial score (nSPS) is 41.1. The minimum atomic E-state index is 0.661. The molecular weight excluding hydrogens is 174 g/mol. The third kappa shape index (κ3) is 1.10. The average Bonchev–Trinajstić information content (AvgIpc) is 2.80. The molecule has 1 saturated carbocycles. The SMILES string of the molecule is C1CC2(CCOCC2)C2(C1)CCNC2. The van der Waals surface area contributed by atoms with E-state index in [1.54, 1.807) is 0 Å². The lowest BCUT2D eigenvalue weighted by molar-refractivity contribution is -0.0418. The minimum Gasteiger partial charge on any atom is -0.381 e. The predicted molar refractivity (Wildman–Crippen MR) is 56.3 cm³/mol. The highest BCUT2D eigenvalue weighted by Gasteiger charge is 2.55. The largest absolute Gasteiger partial charge is 0.381 e. The Bertz CT molecular complexity index is 209. The molecule has 2 nitrogen and oxygen atoms in total. The summed E-state index contributed by atoms with van der Waals surface area (Å²) in [6.07, 6.45) is 8.48. The van der Waals surface area contributed by atoms with E-state index in [1.807, 2.05) is 0 Å². The Hall–Kier alpha value is -0.0800. The summed E-state index contributed by atoms with van der Waals surface area (Å²) in [6, 6.07) is 0. The van der Waals surface area contributed by atoms with E-state index in [2.05, 4.69) is 5.32 Å². The number of ether oxygens (including phenoxy) is 1. The second-order valence-corrected chi connectivity index (χ2v) is 5.45. The van der Waals surface area contributed by atoms with Crippen LogP contribution in [0.25, 0.3) is 0 Å². The molecule has 0 radical (unpaired) electrons. The quantitative estimate of drug-likeness (QED) is 0.638. The first kappa shape index (κ1) is 9.17. The van der Waals surface area contributed by atoms with E-state index in [1.165, 1.54) is 51.6 Å². The zero-order valence-electron chi connectivity index (χ0n) is 8.98. The van der Waals surface area contributed by atoms with Gasteiger partial charge in [-0.15, -0.1) is 0 Å². The van der Waals surface area contributed by atoms with Crippen molar-refractivity contribution in [3.8, 4) is 0 Å². The molecule has 0 aromatic carbocycles. The highest BCUT2D eigenvalue weighted by molar-refractivity contribution is 5.07. The van der Waals surface area contributed by atoms with Gasteiger partial charge in [-0.3, -0.25) is 0 Å². The maximum Gasteiger partial charge on any atom is 0.0471 e. The number of nitrogens with one attached hydrogen (secondary N) is 1. The fraction of sp³-hybridized carbons (Fsp3) is 1.00. The molecule has 1 unspecified atom stereocenters. The maximum absolute atomic E-state index is 5.54. The lowest BCUT2D eigenvalue weighted by atomic mass is 9.61. The lowest BCUT2D eigenvalue weighted by Crippen LogP contribution is -2.43. The Balaban J connectivity index is 1.88. The van der Waals surface area contributed by atoms with Gasteiger partial charge in [-0.25, -0.2) is 0 Å². The highest BCUT2D eigenvalue weighted by Crippen LogP contribution is 2.60. The molecule has 1 atom stereocenters. The molecule has 3 aliphatic rings. The van der Waals surface area contributed by atoms with Gasteiger partial charge in [0.15, 0.2) is 0 Å². The van der Waals surface area contributed by atoms with Crippen molar-refractivity contribution < 1.29 is 4.74 Å². The van der Waals surface area contributed by atoms with E-state index in [-0.39, 0.29) is 0 Å². The summed E-state index contributed by atoms with van der Waals surface area (Å²) in [4.78, 5) is 0. The van der Waals surface area contributed by atoms with Gasteiger partial charge in [-0.2, -0.15) is 0 Å². The molecule has 0 bridgehead atoms. The van der Waals surface area contributed by atoms with Gasteiger partial charge in [0.05, 0.1) is 0 Å². The summed E-state index contributed by atoms with van der Waals surface area (Å²) in [5.41, 5.74) is 1.32. The van der Waals surface area contributed by atoms with E-state index in [0.717, 1.165) is 13.2 Å². The Morgan fingerprint density at radius 2 is 1.64 bits per heavy atom. The van der Waals surface area contributed by atoms with E-state index in [0.29, 0.717) is 10.8 Å². The summed E-state index contributed by atoms with van der Waals surface area (Å²) < 4.78 is 5.54. The van der Waals surface area contributed by atoms with Crippen LogP contribution >= 0.6 is 0 Å². The zero-order valence-corrected chi connectivity index (χ0v) is 8.98. The Morgan fingerprint density at radius 1 is 0.857 bits per heavy atom. The lowest BCUT2D eigenvalue weighted by Gasteiger charge is -2.46. The summed E-state index contributed by atoms with van der Waals surface area (Å²) >= 11 is 0. The van der Waals surface area contributed by atoms with Crippen LogP contribution in [0.5, 0.6) is 0 Å². The number of fused-ring (bicyclic) bond motifs is 1. The van der Waals surface area contributed by atoms with Crippen molar-refractivity contribution in [3.05, 3.63) is 0 Å². The Morgan fingerprint density at radius 3 is 2.36 bits per heavy atom. The molecule has 2 heteroatoms. The minimum absolute atomic E-state index is 0.661. The molecule has 0 aromatic heterocycles. The van der Waals surface area contributed by atoms with Gasteiger partial charge < -0.3 is 10.1 Å². The molecule has 1 N–H and O–H groups in total. The fourth-order valence-electron chi connectivity index (χ4n) is 4.25. The first-order valence-electron chi connectivity index (χ1n) is 6.16. The van der Waals surface area contributed by atoms with E-state index >= 15 is 0 Å². The van der Waals surface area contributed by atoms with Gasteiger partial charge in [-0.1, -0.05) is 6.42 Å². The molecule has 80 valence electrons. The van der Waals surface area contributed by atoms with Crippen LogP contribution in [0.3, 0.4) is 0 Å². The van der Waals surface area contributed by atoms with Gasteiger partial charge in [-0.05, 0) is 49.5 Å². The Labute approximate surface area is 86.4 Å². The van der Waals surface area contributed by atoms with Crippen molar-refractivity contribution in [1.29, 1.82) is 0 Å². The predicted octanol–water partition coefficient (Wildman–Crippen LogP) is 1.95. The second-order valence-electron chi connectivity index (χ2n) is 5.45. The van der Waals surface area contributed by atoms with Gasteiger partial charge in [0.2, 0.25) is 0 Å². The zero-order chi connectivity index (χ0) is 9.49. The summed E-state index contributed by atoms with van der Waals surface area (Å²) in [5.74, 6) is 0. The molecule has 0 amide bonds. The fourth-order valence-corrected chi connectivity index (χ4v) is 4.25. The van der Waals surface area contributed by atoms with Gasteiger partial charge >= 0.3 is 0 Å². The van der Waals surface area contributed by atoms with Crippen molar-refractivity contribution in [2.75, 3.05) is 26.3 Å². The smallest absolute Gasteiger partial charge is 0.0471 e. The number of rotatable bonds is 0. The number of hydrogen-bond donors (Lipinski definition) is 1. The van der Waals surface area contributed by atoms with Gasteiger partial charge in [0, 0.05) is 19.8 Å². The van der Waals surface area contributed by atoms with Crippen LogP contribution in [0.15, 0.2) is 0 Å². The van der Waals surface area contributed by atoms with Crippen LogP contribution in [0.4, 0.5) is 0 Å². The number of hydrogen-bond acceptors (Lipinski definition) is 2. The van der Waals surface area contributed by atoms with Gasteiger partial charge in [0.1, 0.15) is 0 Å². The van der Waals surface area contributed by atoms with Crippen LogP contribution in [0.1, 0.15) is 38.5 Å². The topological polar surface area (TPSA) is 21.3 Å². The van der Waals surface area contributed by atoms with E-state index in [4.69, 9.17) is 4.74 Å². The van der Waals surface area contributed by atoms with Crippen molar-refractivity contribution >= 4 is 0 Å². The van der Waals surface area contributed by atoms with E-state index < -0.39 is 0 Å². The van der Waals surface area contributed by atoms with E-state index in [9.17, 15) is 0 Å². The molecule has 2 aliphatic heterocycles. The molecule has 2 spiro atoms. The van der Waals surface area contributed by atoms with Gasteiger partial charge in [0.25, 0.3) is 0 Å². The van der Waals surface area contributed by atoms with Crippen molar-refractivity contribution in [1.82, 2.24) is 5.32 Å². The molecule has 2 saturated heterocycles.